The summed E-state index contributed by atoms with van der Waals surface area (Å²) < 4.78 is 10.8. The van der Waals surface area contributed by atoms with Gasteiger partial charge in [0, 0.05) is 6.42 Å². The largest absolute Gasteiger partial charge is 0.465 e. The predicted octanol–water partition coefficient (Wildman–Crippen LogP) is 5.61. The van der Waals surface area contributed by atoms with Crippen LogP contribution in [0.5, 0.6) is 0 Å². The lowest BCUT2D eigenvalue weighted by atomic mass is 9.67. The average molecular weight is 748 g/mol. The third-order valence-corrected chi connectivity index (χ3v) is 10.3. The minimum absolute atomic E-state index is 0.0159. The predicted molar refractivity (Wildman–Crippen MR) is 211 cm³/mol. The van der Waals surface area contributed by atoms with E-state index < -0.39 is 47.9 Å². The first-order chi connectivity index (χ1) is 26.8. The molecule has 1 aliphatic carbocycles. The fourth-order valence-corrected chi connectivity index (χ4v) is 7.48. The Bertz CT molecular complexity index is 1690. The Morgan fingerprint density at radius 3 is 1.78 bits per heavy atom. The minimum Gasteiger partial charge on any atom is -0.465 e. The molecule has 0 spiro atoms. The molecule has 4 aromatic rings. The summed E-state index contributed by atoms with van der Waals surface area (Å²) in [6.45, 7) is 1.31. The SMILES string of the molecule is CCOC(=O)CNC(=O)C(O)[C@H](COCc1ccccc1)NC(=O)[C@H](CC1CCCCC1)NC(=O)CC(c1ccccc1)(c1ccccc1)c1ccccc1. The van der Waals surface area contributed by atoms with Gasteiger partial charge < -0.3 is 30.5 Å². The molecular formula is C45H53N3O7. The van der Waals surface area contributed by atoms with Crippen LogP contribution in [0.3, 0.4) is 0 Å². The first-order valence-corrected chi connectivity index (χ1v) is 19.3. The van der Waals surface area contributed by atoms with E-state index in [2.05, 4.69) is 16.0 Å². The van der Waals surface area contributed by atoms with E-state index in [1.165, 1.54) is 0 Å². The van der Waals surface area contributed by atoms with Crippen molar-refractivity contribution in [3.8, 4) is 0 Å². The fourth-order valence-electron chi connectivity index (χ4n) is 7.48. The molecule has 0 saturated heterocycles. The van der Waals surface area contributed by atoms with Gasteiger partial charge in [-0.25, -0.2) is 0 Å². The second kappa shape index (κ2) is 21.0. The van der Waals surface area contributed by atoms with Crippen LogP contribution in [0, 0.1) is 5.92 Å². The number of ether oxygens (including phenoxy) is 2. The molecule has 3 atom stereocenters. The summed E-state index contributed by atoms with van der Waals surface area (Å²) >= 11 is 0. The number of nitrogens with one attached hydrogen (secondary N) is 3. The molecule has 10 nitrogen and oxygen atoms in total. The molecule has 1 fully saturated rings. The van der Waals surface area contributed by atoms with Gasteiger partial charge in [-0.05, 0) is 41.5 Å². The second-order valence-electron chi connectivity index (χ2n) is 14.1. The number of aliphatic hydroxyl groups excluding tert-OH is 1. The number of hydrogen-bond acceptors (Lipinski definition) is 7. The summed E-state index contributed by atoms with van der Waals surface area (Å²) in [5.41, 5.74) is 2.80. The maximum absolute atomic E-state index is 14.5. The van der Waals surface area contributed by atoms with Crippen molar-refractivity contribution in [2.75, 3.05) is 19.8 Å². The molecule has 1 unspecified atom stereocenters. The lowest BCUT2D eigenvalue weighted by Crippen LogP contribution is -2.58. The van der Waals surface area contributed by atoms with E-state index in [1.807, 2.05) is 121 Å². The molecule has 0 radical (unpaired) electrons. The lowest BCUT2D eigenvalue weighted by molar-refractivity contribution is -0.145. The second-order valence-corrected chi connectivity index (χ2v) is 14.1. The Kier molecular flexibility index (Phi) is 15.6. The zero-order chi connectivity index (χ0) is 38.9. The van der Waals surface area contributed by atoms with Gasteiger partial charge in [0.05, 0.1) is 31.3 Å². The number of carbonyl (C=O) groups excluding carboxylic acids is 4. The number of benzene rings is 4. The van der Waals surface area contributed by atoms with Crippen molar-refractivity contribution in [2.45, 2.75) is 82.1 Å². The molecule has 10 heteroatoms. The van der Waals surface area contributed by atoms with Crippen molar-refractivity contribution < 1.29 is 33.8 Å². The molecule has 0 bridgehead atoms. The summed E-state index contributed by atoms with van der Waals surface area (Å²) in [6, 6.07) is 37.0. The molecule has 5 rings (SSSR count). The van der Waals surface area contributed by atoms with Crippen molar-refractivity contribution in [3.63, 3.8) is 0 Å². The zero-order valence-electron chi connectivity index (χ0n) is 31.5. The van der Waals surface area contributed by atoms with Crippen LogP contribution >= 0.6 is 0 Å². The Morgan fingerprint density at radius 2 is 1.25 bits per heavy atom. The number of esters is 1. The van der Waals surface area contributed by atoms with Crippen LogP contribution < -0.4 is 16.0 Å². The van der Waals surface area contributed by atoms with E-state index in [-0.39, 0.29) is 38.1 Å². The standard InChI is InChI=1S/C45H53N3O7/c1-2-55-41(50)30-46-44(53)42(51)39(32-54-31-34-20-10-4-11-21-34)48-43(52)38(28-33-18-8-3-9-19-33)47-40(49)29-45(35-22-12-5-13-23-35,36-24-14-6-15-25-36)37-26-16-7-17-27-37/h4-7,10-17,20-27,33,38-39,42,51H,2-3,8-9,18-19,28-32H2,1H3,(H,46,53)(H,47,49)(H,48,52)/t38-,39-,42?/m0/s1. The highest BCUT2D eigenvalue weighted by Crippen LogP contribution is 2.42. The van der Waals surface area contributed by atoms with Crippen LogP contribution in [0.25, 0.3) is 0 Å². The van der Waals surface area contributed by atoms with E-state index in [9.17, 15) is 24.3 Å². The minimum atomic E-state index is -1.76. The van der Waals surface area contributed by atoms with E-state index in [1.54, 1.807) is 6.92 Å². The molecule has 55 heavy (non-hydrogen) atoms. The molecule has 290 valence electrons. The van der Waals surface area contributed by atoms with Gasteiger partial charge in [-0.15, -0.1) is 0 Å². The van der Waals surface area contributed by atoms with Gasteiger partial charge >= 0.3 is 5.97 Å². The number of rotatable bonds is 19. The molecule has 0 aliphatic heterocycles. The molecule has 4 N–H and O–H groups in total. The summed E-state index contributed by atoms with van der Waals surface area (Å²) in [7, 11) is 0. The fraction of sp³-hybridized carbons (Fsp3) is 0.378. The van der Waals surface area contributed by atoms with Crippen molar-refractivity contribution >= 4 is 23.7 Å². The third kappa shape index (κ3) is 11.6. The summed E-state index contributed by atoms with van der Waals surface area (Å²) in [5, 5.41) is 19.6. The highest BCUT2D eigenvalue weighted by Gasteiger charge is 2.40. The van der Waals surface area contributed by atoms with Crippen LogP contribution in [0.15, 0.2) is 121 Å². The van der Waals surface area contributed by atoms with Gasteiger partial charge in [0.2, 0.25) is 11.8 Å². The van der Waals surface area contributed by atoms with Gasteiger partial charge in [0.1, 0.15) is 12.6 Å². The first kappa shape index (κ1) is 40.9. The van der Waals surface area contributed by atoms with E-state index in [0.29, 0.717) is 6.42 Å². The Hall–Kier alpha value is -5.32. The lowest BCUT2D eigenvalue weighted by Gasteiger charge is -2.36. The third-order valence-electron chi connectivity index (χ3n) is 10.3. The molecule has 1 saturated carbocycles. The molecule has 0 heterocycles. The van der Waals surface area contributed by atoms with Crippen LogP contribution in [0.1, 0.15) is 74.1 Å². The topological polar surface area (TPSA) is 143 Å². The quantitative estimate of drug-likeness (QED) is 0.0722. The van der Waals surface area contributed by atoms with Gasteiger partial charge in [-0.3, -0.25) is 19.2 Å². The molecular weight excluding hydrogens is 695 g/mol. The maximum atomic E-state index is 14.5. The van der Waals surface area contributed by atoms with Crippen molar-refractivity contribution in [1.82, 2.24) is 16.0 Å². The van der Waals surface area contributed by atoms with E-state index in [4.69, 9.17) is 9.47 Å². The average Bonchev–Trinajstić information content (AvgIpc) is 3.23. The molecule has 1 aliphatic rings. The highest BCUT2D eigenvalue weighted by atomic mass is 16.5. The van der Waals surface area contributed by atoms with Gasteiger partial charge in [0.25, 0.3) is 5.91 Å². The number of carbonyl (C=O) groups is 4. The monoisotopic (exact) mass is 747 g/mol. The van der Waals surface area contributed by atoms with Gasteiger partial charge in [-0.1, -0.05) is 153 Å². The number of aliphatic hydroxyl groups is 1. The van der Waals surface area contributed by atoms with Crippen molar-refractivity contribution in [1.29, 1.82) is 0 Å². The van der Waals surface area contributed by atoms with Crippen LogP contribution in [-0.2, 0) is 40.7 Å². The van der Waals surface area contributed by atoms with Crippen molar-refractivity contribution in [3.05, 3.63) is 144 Å². The number of hydrogen-bond donors (Lipinski definition) is 4. The van der Waals surface area contributed by atoms with Crippen LogP contribution in [0.4, 0.5) is 0 Å². The summed E-state index contributed by atoms with van der Waals surface area (Å²) in [6.07, 6.45) is 3.73. The zero-order valence-corrected chi connectivity index (χ0v) is 31.5. The van der Waals surface area contributed by atoms with E-state index >= 15 is 0 Å². The maximum Gasteiger partial charge on any atom is 0.325 e. The summed E-state index contributed by atoms with van der Waals surface area (Å²) in [4.78, 5) is 53.9. The Morgan fingerprint density at radius 1 is 0.727 bits per heavy atom. The normalized spacial score (nSPS) is 14.9. The first-order valence-electron chi connectivity index (χ1n) is 19.3. The van der Waals surface area contributed by atoms with Crippen LogP contribution in [0.2, 0.25) is 0 Å². The molecule has 0 aromatic heterocycles. The van der Waals surface area contributed by atoms with Gasteiger partial charge in [-0.2, -0.15) is 0 Å². The molecule has 4 aromatic carbocycles. The highest BCUT2D eigenvalue weighted by molar-refractivity contribution is 5.90. The summed E-state index contributed by atoms with van der Waals surface area (Å²) in [5.74, 6) is -2.17. The Balaban J connectivity index is 1.41. The smallest absolute Gasteiger partial charge is 0.325 e. The van der Waals surface area contributed by atoms with Gasteiger partial charge in [0.15, 0.2) is 6.10 Å². The number of amides is 3. The van der Waals surface area contributed by atoms with E-state index in [0.717, 1.165) is 54.4 Å². The Labute approximate surface area is 324 Å². The van der Waals surface area contributed by atoms with Crippen LogP contribution in [-0.4, -0.2) is 66.7 Å². The van der Waals surface area contributed by atoms with Crippen molar-refractivity contribution in [2.24, 2.45) is 5.92 Å². The molecule has 3 amide bonds.